The van der Waals surface area contributed by atoms with Crippen LogP contribution in [0.3, 0.4) is 0 Å². The number of nitrogens with one attached hydrogen (secondary N) is 1. The molecular formula is C15H15ClN4O. The molecule has 1 aromatic carbocycles. The lowest BCUT2D eigenvalue weighted by atomic mass is 10.2. The van der Waals surface area contributed by atoms with Crippen LogP contribution in [-0.4, -0.2) is 15.1 Å². The van der Waals surface area contributed by atoms with Crippen molar-refractivity contribution in [3.63, 3.8) is 0 Å². The molecule has 1 heterocycles. The van der Waals surface area contributed by atoms with Gasteiger partial charge in [0.1, 0.15) is 17.4 Å². The molecule has 2 rings (SSSR count). The number of nitrogen functional groups attached to an aromatic ring is 1. The zero-order valence-electron chi connectivity index (χ0n) is 11.5. The maximum absolute atomic E-state index is 8.85. The first-order valence-corrected chi connectivity index (χ1v) is 6.34. The highest BCUT2D eigenvalue weighted by molar-refractivity contribution is 6.31. The van der Waals surface area contributed by atoms with E-state index in [0.29, 0.717) is 22.2 Å². The quantitative estimate of drug-likeness (QED) is 0.584. The zero-order chi connectivity index (χ0) is 15.8. The molecule has 108 valence electrons. The van der Waals surface area contributed by atoms with Gasteiger partial charge in [-0.25, -0.2) is 4.98 Å². The first kappa shape index (κ1) is 16.3. The smallest absolute Gasteiger partial charge is 0.132 e. The van der Waals surface area contributed by atoms with Crippen molar-refractivity contribution in [3.05, 3.63) is 59.0 Å². The summed E-state index contributed by atoms with van der Waals surface area (Å²) < 4.78 is 0. The number of imidazole rings is 1. The Labute approximate surface area is 128 Å². The van der Waals surface area contributed by atoms with E-state index in [4.69, 9.17) is 27.7 Å². The van der Waals surface area contributed by atoms with E-state index >= 15 is 0 Å². The Morgan fingerprint density at radius 1 is 1.57 bits per heavy atom. The van der Waals surface area contributed by atoms with Crippen molar-refractivity contribution in [2.45, 2.75) is 6.92 Å². The van der Waals surface area contributed by atoms with E-state index in [2.05, 4.69) is 16.5 Å². The number of rotatable bonds is 2. The number of halogens is 1. The highest BCUT2D eigenvalue weighted by Crippen LogP contribution is 2.19. The van der Waals surface area contributed by atoms with Crippen molar-refractivity contribution in [1.82, 2.24) is 9.97 Å². The molecule has 21 heavy (non-hydrogen) atoms. The van der Waals surface area contributed by atoms with Crippen LogP contribution in [0.4, 0.5) is 5.82 Å². The molecule has 0 atom stereocenters. The second-order valence-electron chi connectivity index (χ2n) is 4.07. The van der Waals surface area contributed by atoms with Gasteiger partial charge in [0.2, 0.25) is 0 Å². The number of H-pyrrole nitrogens is 1. The molecule has 0 aliphatic carbocycles. The van der Waals surface area contributed by atoms with Crippen molar-refractivity contribution in [2.24, 2.45) is 0 Å². The number of nitriles is 1. The molecular weight excluding hydrogens is 288 g/mol. The summed E-state index contributed by atoms with van der Waals surface area (Å²) in [5.41, 5.74) is 6.81. The first-order valence-electron chi connectivity index (χ1n) is 5.96. The average Bonchev–Trinajstić information content (AvgIpc) is 2.87. The predicted molar refractivity (Wildman–Crippen MR) is 84.6 cm³/mol. The highest BCUT2D eigenvalue weighted by atomic mass is 35.5. The number of anilines is 1. The van der Waals surface area contributed by atoms with Gasteiger partial charge in [-0.2, -0.15) is 5.26 Å². The monoisotopic (exact) mass is 302 g/mol. The number of hydrogen-bond acceptors (Lipinski definition) is 4. The number of nitrogens with two attached hydrogens (primary N) is 1. The van der Waals surface area contributed by atoms with Gasteiger partial charge in [-0.3, -0.25) is 0 Å². The fourth-order valence-corrected chi connectivity index (χ4v) is 1.47. The third-order valence-corrected chi connectivity index (χ3v) is 2.82. The summed E-state index contributed by atoms with van der Waals surface area (Å²) in [5.74, 6) is 1.25. The Balaban J connectivity index is 0.000000219. The molecule has 6 heteroatoms. The summed E-state index contributed by atoms with van der Waals surface area (Å²) in [4.78, 5) is 6.66. The number of phenolic OH excluding ortho intramolecular Hbond substituents is 1. The molecule has 0 fully saturated rings. The van der Waals surface area contributed by atoms with Crippen molar-refractivity contribution in [3.8, 4) is 11.8 Å². The number of nitrogens with zero attached hydrogens (tertiary/aromatic N) is 2. The molecule has 0 saturated carbocycles. The van der Waals surface area contributed by atoms with Gasteiger partial charge in [-0.05, 0) is 30.7 Å². The topological polar surface area (TPSA) is 98.7 Å². The van der Waals surface area contributed by atoms with Crippen LogP contribution >= 0.6 is 11.6 Å². The molecule has 0 bridgehead atoms. The van der Waals surface area contributed by atoms with Gasteiger partial charge in [-0.1, -0.05) is 30.3 Å². The number of benzene rings is 1. The average molecular weight is 303 g/mol. The lowest BCUT2D eigenvalue weighted by Gasteiger charge is -1.95. The van der Waals surface area contributed by atoms with E-state index in [1.54, 1.807) is 18.2 Å². The van der Waals surface area contributed by atoms with E-state index in [0.717, 1.165) is 5.56 Å². The SMILES string of the molecule is C=C/C(C#N)=C\c1ncc(N)[nH]1.Cc1ccc(O)cc1Cl. The number of aromatic amines is 1. The summed E-state index contributed by atoms with van der Waals surface area (Å²) in [7, 11) is 0. The second-order valence-corrected chi connectivity index (χ2v) is 4.48. The molecule has 4 N–H and O–H groups in total. The van der Waals surface area contributed by atoms with Crippen LogP contribution in [0.1, 0.15) is 11.4 Å². The Hall–Kier alpha value is -2.71. The van der Waals surface area contributed by atoms with Crippen molar-refractivity contribution >= 4 is 23.5 Å². The molecule has 2 aromatic rings. The summed E-state index contributed by atoms with van der Waals surface area (Å²) in [5, 5.41) is 18.0. The van der Waals surface area contributed by atoms with Crippen molar-refractivity contribution < 1.29 is 5.11 Å². The van der Waals surface area contributed by atoms with Crippen molar-refractivity contribution in [2.75, 3.05) is 5.73 Å². The lowest BCUT2D eigenvalue weighted by Crippen LogP contribution is -1.83. The molecule has 0 radical (unpaired) electrons. The normalized spacial score (nSPS) is 10.2. The third kappa shape index (κ3) is 5.43. The van der Waals surface area contributed by atoms with Crippen LogP contribution in [0.2, 0.25) is 5.02 Å². The Morgan fingerprint density at radius 2 is 2.29 bits per heavy atom. The van der Waals surface area contributed by atoms with Crippen LogP contribution in [0, 0.1) is 18.3 Å². The van der Waals surface area contributed by atoms with E-state index in [1.807, 2.05) is 13.0 Å². The molecule has 5 nitrogen and oxygen atoms in total. The zero-order valence-corrected chi connectivity index (χ0v) is 12.2. The van der Waals surface area contributed by atoms with E-state index in [1.165, 1.54) is 18.3 Å². The summed E-state index contributed by atoms with van der Waals surface area (Å²) in [6.07, 6.45) is 4.52. The summed E-state index contributed by atoms with van der Waals surface area (Å²) in [6.45, 7) is 5.36. The maximum Gasteiger partial charge on any atom is 0.132 e. The predicted octanol–water partition coefficient (Wildman–Crippen LogP) is 3.44. The van der Waals surface area contributed by atoms with Gasteiger partial charge in [0.05, 0.1) is 17.8 Å². The number of allylic oxidation sites excluding steroid dienone is 2. The number of phenols is 1. The molecule has 0 spiro atoms. The van der Waals surface area contributed by atoms with Gasteiger partial charge in [0, 0.05) is 5.02 Å². The van der Waals surface area contributed by atoms with Crippen LogP contribution < -0.4 is 5.73 Å². The largest absolute Gasteiger partial charge is 0.508 e. The minimum atomic E-state index is 0.214. The third-order valence-electron chi connectivity index (χ3n) is 2.41. The number of aromatic nitrogens is 2. The second kappa shape index (κ2) is 7.78. The number of hydrogen-bond donors (Lipinski definition) is 3. The standard InChI is InChI=1S/C8H8N4.C7H7ClO/c1-2-6(4-9)3-8-11-5-7(10)12-8;1-5-2-3-6(9)4-7(5)8/h2-3,5H,1,10H2,(H,11,12);2-4,9H,1H3/b6-3+;. The first-order chi connectivity index (χ1) is 9.96. The lowest BCUT2D eigenvalue weighted by molar-refractivity contribution is 0.475. The van der Waals surface area contributed by atoms with Crippen molar-refractivity contribution in [1.29, 1.82) is 5.26 Å². The van der Waals surface area contributed by atoms with Crippen LogP contribution in [0.15, 0.2) is 42.6 Å². The van der Waals surface area contributed by atoms with E-state index in [9.17, 15) is 0 Å². The van der Waals surface area contributed by atoms with Crippen LogP contribution in [0.5, 0.6) is 5.75 Å². The Kier molecular flexibility index (Phi) is 6.05. The Morgan fingerprint density at radius 3 is 2.71 bits per heavy atom. The molecule has 0 aliphatic rings. The molecule has 0 aliphatic heterocycles. The van der Waals surface area contributed by atoms with Crippen LogP contribution in [-0.2, 0) is 0 Å². The van der Waals surface area contributed by atoms with Crippen LogP contribution in [0.25, 0.3) is 6.08 Å². The van der Waals surface area contributed by atoms with Gasteiger partial charge < -0.3 is 15.8 Å². The Bertz CT molecular complexity index is 698. The van der Waals surface area contributed by atoms with E-state index < -0.39 is 0 Å². The van der Waals surface area contributed by atoms with Gasteiger partial charge in [-0.15, -0.1) is 0 Å². The van der Waals surface area contributed by atoms with E-state index in [-0.39, 0.29) is 5.75 Å². The summed E-state index contributed by atoms with van der Waals surface area (Å²) >= 11 is 5.65. The molecule has 0 saturated heterocycles. The fraction of sp³-hybridized carbons (Fsp3) is 0.0667. The molecule has 0 unspecified atom stereocenters. The minimum absolute atomic E-state index is 0.214. The number of aryl methyl sites for hydroxylation is 1. The van der Waals surface area contributed by atoms with Gasteiger partial charge in [0.25, 0.3) is 0 Å². The fourth-order valence-electron chi connectivity index (χ4n) is 1.29. The minimum Gasteiger partial charge on any atom is -0.508 e. The van der Waals surface area contributed by atoms with Gasteiger partial charge >= 0.3 is 0 Å². The molecule has 0 amide bonds. The number of aromatic hydroxyl groups is 1. The summed E-state index contributed by atoms with van der Waals surface area (Å²) in [6, 6.07) is 6.86. The molecule has 1 aromatic heterocycles. The highest BCUT2D eigenvalue weighted by Gasteiger charge is 1.94. The maximum atomic E-state index is 8.85. The van der Waals surface area contributed by atoms with Gasteiger partial charge in [0.15, 0.2) is 0 Å².